The zero-order valence-electron chi connectivity index (χ0n) is 12.6. The van der Waals surface area contributed by atoms with Gasteiger partial charge in [0.2, 0.25) is 0 Å². The molecule has 110 valence electrons. The molecule has 0 aromatic rings. The van der Waals surface area contributed by atoms with Gasteiger partial charge in [0.1, 0.15) is 0 Å². The molecule has 3 aliphatic rings. The number of likely N-dealkylation sites (tertiary alicyclic amines) is 1. The summed E-state index contributed by atoms with van der Waals surface area (Å²) in [7, 11) is 0. The average molecular weight is 266 g/mol. The maximum absolute atomic E-state index is 9.85. The van der Waals surface area contributed by atoms with Crippen LogP contribution in [0.4, 0.5) is 0 Å². The fraction of sp³-hybridized carbons (Fsp3) is 1.00. The van der Waals surface area contributed by atoms with E-state index in [0.29, 0.717) is 18.7 Å². The van der Waals surface area contributed by atoms with Crippen molar-refractivity contribution in [1.82, 2.24) is 10.2 Å². The molecule has 19 heavy (non-hydrogen) atoms. The van der Waals surface area contributed by atoms with E-state index in [1.165, 1.54) is 38.6 Å². The van der Waals surface area contributed by atoms with Gasteiger partial charge >= 0.3 is 0 Å². The van der Waals surface area contributed by atoms with Crippen LogP contribution in [-0.4, -0.2) is 46.8 Å². The summed E-state index contributed by atoms with van der Waals surface area (Å²) >= 11 is 0. The smallest absolute Gasteiger partial charge is 0.0614 e. The molecule has 0 radical (unpaired) electrons. The number of aliphatic hydroxyl groups excluding tert-OH is 1. The maximum Gasteiger partial charge on any atom is 0.0614 e. The van der Waals surface area contributed by atoms with Gasteiger partial charge in [0.25, 0.3) is 0 Å². The molecule has 3 heteroatoms. The summed E-state index contributed by atoms with van der Waals surface area (Å²) in [4.78, 5) is 2.74. The predicted molar refractivity (Wildman–Crippen MR) is 78.2 cm³/mol. The molecule has 0 spiro atoms. The van der Waals surface area contributed by atoms with Crippen LogP contribution in [0, 0.1) is 5.92 Å². The second-order valence-corrected chi connectivity index (χ2v) is 7.48. The Balaban J connectivity index is 1.63. The largest absolute Gasteiger partial charge is 0.394 e. The lowest BCUT2D eigenvalue weighted by atomic mass is 9.92. The molecule has 1 heterocycles. The first kappa shape index (κ1) is 13.8. The minimum Gasteiger partial charge on any atom is -0.394 e. The molecule has 2 saturated carbocycles. The van der Waals surface area contributed by atoms with E-state index in [0.717, 1.165) is 24.8 Å². The van der Waals surface area contributed by atoms with Gasteiger partial charge in [-0.2, -0.15) is 0 Å². The van der Waals surface area contributed by atoms with Crippen molar-refractivity contribution in [2.75, 3.05) is 13.2 Å². The second kappa shape index (κ2) is 5.34. The molecule has 1 saturated heterocycles. The van der Waals surface area contributed by atoms with Gasteiger partial charge in [0, 0.05) is 30.2 Å². The Bertz CT molecular complexity index is 318. The summed E-state index contributed by atoms with van der Waals surface area (Å²) in [5.74, 6) is 0.844. The first-order valence-electron chi connectivity index (χ1n) is 8.26. The van der Waals surface area contributed by atoms with Crippen LogP contribution >= 0.6 is 0 Å². The lowest BCUT2D eigenvalue weighted by Gasteiger charge is -2.41. The Morgan fingerprint density at radius 2 is 1.95 bits per heavy atom. The molecule has 3 nitrogen and oxygen atoms in total. The van der Waals surface area contributed by atoms with Crippen LogP contribution in [-0.2, 0) is 0 Å². The third-order valence-electron chi connectivity index (χ3n) is 5.61. The Morgan fingerprint density at radius 1 is 1.16 bits per heavy atom. The summed E-state index contributed by atoms with van der Waals surface area (Å²) < 4.78 is 0. The van der Waals surface area contributed by atoms with Crippen molar-refractivity contribution < 1.29 is 5.11 Å². The molecule has 0 aromatic heterocycles. The van der Waals surface area contributed by atoms with Gasteiger partial charge in [-0.25, -0.2) is 0 Å². The Kier molecular flexibility index (Phi) is 3.89. The number of nitrogens with one attached hydrogen (secondary N) is 1. The Hall–Kier alpha value is -0.120. The monoisotopic (exact) mass is 266 g/mol. The average Bonchev–Trinajstić information content (AvgIpc) is 3.11. The van der Waals surface area contributed by atoms with Gasteiger partial charge in [-0.1, -0.05) is 6.92 Å². The van der Waals surface area contributed by atoms with E-state index < -0.39 is 0 Å². The van der Waals surface area contributed by atoms with E-state index in [1.807, 2.05) is 0 Å². The molecule has 3 rings (SSSR count). The van der Waals surface area contributed by atoms with Crippen LogP contribution in [0.15, 0.2) is 0 Å². The van der Waals surface area contributed by atoms with Gasteiger partial charge in [0.05, 0.1) is 6.61 Å². The van der Waals surface area contributed by atoms with Crippen molar-refractivity contribution in [3.05, 3.63) is 0 Å². The standard InChI is InChI=1S/C16H30N2O/c1-12-3-4-13(2)18(10-12)15-7-8-16(9-15,11-19)17-14-5-6-14/h12-15,17,19H,3-11H2,1-2H3. The van der Waals surface area contributed by atoms with Crippen molar-refractivity contribution in [2.24, 2.45) is 5.92 Å². The highest BCUT2D eigenvalue weighted by Crippen LogP contribution is 2.38. The minimum atomic E-state index is 0.0340. The second-order valence-electron chi connectivity index (χ2n) is 7.48. The van der Waals surface area contributed by atoms with E-state index in [1.54, 1.807) is 0 Å². The molecule has 3 fully saturated rings. The number of nitrogens with zero attached hydrogens (tertiary/aromatic N) is 1. The van der Waals surface area contributed by atoms with E-state index >= 15 is 0 Å². The highest BCUT2D eigenvalue weighted by atomic mass is 16.3. The maximum atomic E-state index is 9.85. The molecule has 2 aliphatic carbocycles. The van der Waals surface area contributed by atoms with Gasteiger partial charge in [-0.15, -0.1) is 0 Å². The lowest BCUT2D eigenvalue weighted by molar-refractivity contribution is 0.0696. The highest BCUT2D eigenvalue weighted by molar-refractivity contribution is 5.04. The molecule has 2 N–H and O–H groups in total. The van der Waals surface area contributed by atoms with Crippen molar-refractivity contribution in [3.8, 4) is 0 Å². The van der Waals surface area contributed by atoms with Gasteiger partial charge in [0.15, 0.2) is 0 Å². The summed E-state index contributed by atoms with van der Waals surface area (Å²) in [6.07, 6.45) is 8.92. The van der Waals surface area contributed by atoms with Crippen molar-refractivity contribution in [2.45, 2.75) is 82.5 Å². The van der Waals surface area contributed by atoms with Crippen LogP contribution in [0.2, 0.25) is 0 Å². The Labute approximate surface area is 117 Å². The van der Waals surface area contributed by atoms with Crippen LogP contribution in [0.25, 0.3) is 0 Å². The molecule has 0 amide bonds. The fourth-order valence-corrected chi connectivity index (χ4v) is 4.19. The molecule has 1 aliphatic heterocycles. The van der Waals surface area contributed by atoms with E-state index in [-0.39, 0.29) is 5.54 Å². The van der Waals surface area contributed by atoms with E-state index in [9.17, 15) is 5.11 Å². The lowest BCUT2D eigenvalue weighted by Crippen LogP contribution is -2.51. The van der Waals surface area contributed by atoms with Crippen LogP contribution in [0.3, 0.4) is 0 Å². The van der Waals surface area contributed by atoms with Crippen LogP contribution in [0.1, 0.15) is 58.8 Å². The SMILES string of the molecule is CC1CCC(C)N(C2CCC(CO)(NC3CC3)C2)C1. The zero-order chi connectivity index (χ0) is 13.5. The van der Waals surface area contributed by atoms with E-state index in [4.69, 9.17) is 0 Å². The normalized spacial score (nSPS) is 44.7. The molecular weight excluding hydrogens is 236 g/mol. The fourth-order valence-electron chi connectivity index (χ4n) is 4.19. The van der Waals surface area contributed by atoms with Gasteiger partial charge in [-0.05, 0) is 57.8 Å². The van der Waals surface area contributed by atoms with Crippen molar-refractivity contribution in [1.29, 1.82) is 0 Å². The van der Waals surface area contributed by atoms with Gasteiger partial charge < -0.3 is 10.4 Å². The molecule has 4 atom stereocenters. The molecule has 0 bridgehead atoms. The molecule has 0 aromatic carbocycles. The number of rotatable bonds is 4. The topological polar surface area (TPSA) is 35.5 Å². The van der Waals surface area contributed by atoms with Crippen molar-refractivity contribution >= 4 is 0 Å². The highest BCUT2D eigenvalue weighted by Gasteiger charge is 2.44. The quantitative estimate of drug-likeness (QED) is 0.818. The zero-order valence-corrected chi connectivity index (χ0v) is 12.6. The van der Waals surface area contributed by atoms with Crippen LogP contribution in [0.5, 0.6) is 0 Å². The summed E-state index contributed by atoms with van der Waals surface area (Å²) in [6.45, 7) is 6.35. The summed E-state index contributed by atoms with van der Waals surface area (Å²) in [5, 5.41) is 13.6. The number of aliphatic hydroxyl groups is 1. The summed E-state index contributed by atoms with van der Waals surface area (Å²) in [6, 6.07) is 2.12. The number of hydrogen-bond acceptors (Lipinski definition) is 3. The minimum absolute atomic E-state index is 0.0340. The van der Waals surface area contributed by atoms with Crippen LogP contribution < -0.4 is 5.32 Å². The molecular formula is C16H30N2O. The first-order chi connectivity index (χ1) is 9.12. The third-order valence-corrected chi connectivity index (χ3v) is 5.61. The third kappa shape index (κ3) is 2.98. The predicted octanol–water partition coefficient (Wildman–Crippen LogP) is 2.14. The molecule has 4 unspecified atom stereocenters. The number of hydrogen-bond donors (Lipinski definition) is 2. The van der Waals surface area contributed by atoms with Gasteiger partial charge in [-0.3, -0.25) is 4.90 Å². The van der Waals surface area contributed by atoms with E-state index in [2.05, 4.69) is 24.1 Å². The van der Waals surface area contributed by atoms with Crippen molar-refractivity contribution in [3.63, 3.8) is 0 Å². The summed E-state index contributed by atoms with van der Waals surface area (Å²) in [5.41, 5.74) is 0.0340. The Morgan fingerprint density at radius 3 is 2.63 bits per heavy atom. The first-order valence-corrected chi connectivity index (χ1v) is 8.26. The number of piperidine rings is 1.